The summed E-state index contributed by atoms with van der Waals surface area (Å²) in [6, 6.07) is 12.0. The Labute approximate surface area is 163 Å². The molecule has 1 atom stereocenters. The monoisotopic (exact) mass is 466 g/mol. The zero-order chi connectivity index (χ0) is 17.8. The number of aromatic nitrogens is 1. The van der Waals surface area contributed by atoms with Crippen molar-refractivity contribution in [3.8, 4) is 5.75 Å². The first-order valence-corrected chi connectivity index (χ1v) is 9.64. The molecule has 0 aliphatic rings. The van der Waals surface area contributed by atoms with Crippen LogP contribution in [0.2, 0.25) is 0 Å². The third kappa shape index (κ3) is 4.26. The standard InChI is InChI=1S/C19H20Br2N2O2/c1-25-19-5-2-12(8-16(19)21)18(11-24)22-7-6-13-10-23-17-4-3-14(20)9-15(13)17/h2-5,8-10,18,22-24H,6-7,11H2,1H3. The first kappa shape index (κ1) is 18.5. The van der Waals surface area contributed by atoms with Crippen LogP contribution in [-0.2, 0) is 6.42 Å². The Balaban J connectivity index is 1.66. The van der Waals surface area contributed by atoms with E-state index in [9.17, 15) is 5.11 Å². The van der Waals surface area contributed by atoms with Crippen LogP contribution in [0.25, 0.3) is 10.9 Å². The van der Waals surface area contributed by atoms with Crippen LogP contribution in [0.15, 0.2) is 51.5 Å². The number of hydrogen-bond donors (Lipinski definition) is 3. The zero-order valence-electron chi connectivity index (χ0n) is 13.9. The quantitative estimate of drug-likeness (QED) is 0.477. The second kappa shape index (κ2) is 8.36. The highest BCUT2D eigenvalue weighted by molar-refractivity contribution is 9.10. The van der Waals surface area contributed by atoms with Crippen molar-refractivity contribution in [1.82, 2.24) is 10.3 Å². The van der Waals surface area contributed by atoms with Gasteiger partial charge in [-0.2, -0.15) is 0 Å². The van der Waals surface area contributed by atoms with E-state index in [0.717, 1.165) is 38.7 Å². The highest BCUT2D eigenvalue weighted by Gasteiger charge is 2.12. The maximum atomic E-state index is 9.74. The lowest BCUT2D eigenvalue weighted by molar-refractivity contribution is 0.245. The molecule has 3 aromatic rings. The smallest absolute Gasteiger partial charge is 0.133 e. The minimum atomic E-state index is -0.112. The van der Waals surface area contributed by atoms with Crippen molar-refractivity contribution in [1.29, 1.82) is 0 Å². The molecule has 0 spiro atoms. The maximum absolute atomic E-state index is 9.74. The van der Waals surface area contributed by atoms with E-state index in [1.54, 1.807) is 7.11 Å². The average molecular weight is 468 g/mol. The van der Waals surface area contributed by atoms with Crippen molar-refractivity contribution in [2.24, 2.45) is 0 Å². The van der Waals surface area contributed by atoms with Gasteiger partial charge in [0, 0.05) is 21.6 Å². The van der Waals surface area contributed by atoms with Gasteiger partial charge in [-0.05, 0) is 70.4 Å². The second-order valence-corrected chi connectivity index (χ2v) is 7.61. The van der Waals surface area contributed by atoms with Crippen LogP contribution in [0.5, 0.6) is 5.75 Å². The third-order valence-corrected chi connectivity index (χ3v) is 5.39. The van der Waals surface area contributed by atoms with Gasteiger partial charge in [0.05, 0.1) is 24.2 Å². The second-order valence-electron chi connectivity index (χ2n) is 5.84. The number of nitrogens with one attached hydrogen (secondary N) is 2. The molecule has 0 saturated heterocycles. The first-order valence-electron chi connectivity index (χ1n) is 8.05. The largest absolute Gasteiger partial charge is 0.496 e. The molecule has 0 fully saturated rings. The van der Waals surface area contributed by atoms with Crippen LogP contribution in [0.4, 0.5) is 0 Å². The fraction of sp³-hybridized carbons (Fsp3) is 0.263. The van der Waals surface area contributed by atoms with Gasteiger partial charge in [-0.25, -0.2) is 0 Å². The first-order chi connectivity index (χ1) is 12.1. The Hall–Kier alpha value is -1.34. The van der Waals surface area contributed by atoms with Crippen LogP contribution in [0.3, 0.4) is 0 Å². The van der Waals surface area contributed by atoms with Crippen LogP contribution in [0, 0.1) is 0 Å². The molecule has 0 aliphatic heterocycles. The summed E-state index contributed by atoms with van der Waals surface area (Å²) in [5.41, 5.74) is 3.42. The predicted molar refractivity (Wildman–Crippen MR) is 108 cm³/mol. The molecule has 1 aromatic heterocycles. The van der Waals surface area contributed by atoms with Gasteiger partial charge in [0.15, 0.2) is 0 Å². The highest BCUT2D eigenvalue weighted by Crippen LogP contribution is 2.28. The van der Waals surface area contributed by atoms with E-state index in [1.165, 1.54) is 10.9 Å². The van der Waals surface area contributed by atoms with Crippen molar-refractivity contribution in [2.45, 2.75) is 12.5 Å². The number of hydrogen-bond acceptors (Lipinski definition) is 3. The number of aliphatic hydroxyl groups excluding tert-OH is 1. The van der Waals surface area contributed by atoms with Gasteiger partial charge < -0.3 is 20.1 Å². The Morgan fingerprint density at radius 3 is 2.76 bits per heavy atom. The molecule has 0 saturated carbocycles. The van der Waals surface area contributed by atoms with Gasteiger partial charge >= 0.3 is 0 Å². The number of benzene rings is 2. The maximum Gasteiger partial charge on any atom is 0.133 e. The summed E-state index contributed by atoms with van der Waals surface area (Å²) in [6.45, 7) is 0.812. The topological polar surface area (TPSA) is 57.3 Å². The van der Waals surface area contributed by atoms with Crippen molar-refractivity contribution in [2.75, 3.05) is 20.3 Å². The lowest BCUT2D eigenvalue weighted by Gasteiger charge is -2.17. The number of aromatic amines is 1. The molecule has 0 bridgehead atoms. The van der Waals surface area contributed by atoms with E-state index < -0.39 is 0 Å². The van der Waals surface area contributed by atoms with E-state index >= 15 is 0 Å². The Morgan fingerprint density at radius 1 is 1.20 bits per heavy atom. The number of rotatable bonds is 7. The molecule has 1 heterocycles. The van der Waals surface area contributed by atoms with Crippen LogP contribution in [0.1, 0.15) is 17.2 Å². The molecular formula is C19H20Br2N2O2. The van der Waals surface area contributed by atoms with Gasteiger partial charge in [0.1, 0.15) is 5.75 Å². The SMILES string of the molecule is COc1ccc(C(CO)NCCc2c[nH]c3ccc(Br)cc23)cc1Br. The van der Waals surface area contributed by atoms with Crippen LogP contribution >= 0.6 is 31.9 Å². The number of methoxy groups -OCH3 is 1. The van der Waals surface area contributed by atoms with E-state index in [1.807, 2.05) is 24.3 Å². The lowest BCUT2D eigenvalue weighted by atomic mass is 10.1. The molecule has 0 aliphatic carbocycles. The molecular weight excluding hydrogens is 448 g/mol. The number of halogens is 2. The minimum absolute atomic E-state index is 0.0399. The summed E-state index contributed by atoms with van der Waals surface area (Å²) in [5.74, 6) is 0.782. The van der Waals surface area contributed by atoms with Crippen molar-refractivity contribution < 1.29 is 9.84 Å². The molecule has 4 nitrogen and oxygen atoms in total. The molecule has 2 aromatic carbocycles. The summed E-state index contributed by atoms with van der Waals surface area (Å²) in [4.78, 5) is 3.30. The number of H-pyrrole nitrogens is 1. The zero-order valence-corrected chi connectivity index (χ0v) is 17.0. The summed E-state index contributed by atoms with van der Waals surface area (Å²) < 4.78 is 7.21. The highest BCUT2D eigenvalue weighted by atomic mass is 79.9. The summed E-state index contributed by atoms with van der Waals surface area (Å²) in [6.07, 6.45) is 2.93. The molecule has 6 heteroatoms. The van der Waals surface area contributed by atoms with Gasteiger partial charge in [0.25, 0.3) is 0 Å². The normalized spacial score (nSPS) is 12.5. The number of aliphatic hydroxyl groups is 1. The molecule has 25 heavy (non-hydrogen) atoms. The van der Waals surface area contributed by atoms with Crippen molar-refractivity contribution >= 4 is 42.8 Å². The third-order valence-electron chi connectivity index (χ3n) is 4.28. The average Bonchev–Trinajstić information content (AvgIpc) is 3.01. The summed E-state index contributed by atoms with van der Waals surface area (Å²) in [5, 5.41) is 14.4. The van der Waals surface area contributed by atoms with E-state index in [4.69, 9.17) is 4.74 Å². The lowest BCUT2D eigenvalue weighted by Crippen LogP contribution is -2.26. The fourth-order valence-electron chi connectivity index (χ4n) is 2.93. The van der Waals surface area contributed by atoms with E-state index in [-0.39, 0.29) is 12.6 Å². The van der Waals surface area contributed by atoms with Gasteiger partial charge in [-0.1, -0.05) is 22.0 Å². The predicted octanol–water partition coefficient (Wildman–Crippen LogP) is 4.57. The van der Waals surface area contributed by atoms with Gasteiger partial charge in [-0.15, -0.1) is 0 Å². The molecule has 132 valence electrons. The van der Waals surface area contributed by atoms with Crippen molar-refractivity contribution in [3.05, 3.63) is 62.7 Å². The molecule has 1 unspecified atom stereocenters. The van der Waals surface area contributed by atoms with E-state index in [2.05, 4.69) is 60.5 Å². The number of ether oxygens (including phenoxy) is 1. The number of fused-ring (bicyclic) bond motifs is 1. The van der Waals surface area contributed by atoms with E-state index in [0.29, 0.717) is 0 Å². The fourth-order valence-corrected chi connectivity index (χ4v) is 3.85. The molecule has 3 rings (SSSR count). The summed E-state index contributed by atoms with van der Waals surface area (Å²) >= 11 is 7.02. The Bertz CT molecular complexity index is 864. The molecule has 0 radical (unpaired) electrons. The van der Waals surface area contributed by atoms with Crippen molar-refractivity contribution in [3.63, 3.8) is 0 Å². The summed E-state index contributed by atoms with van der Waals surface area (Å²) in [7, 11) is 1.64. The Morgan fingerprint density at radius 2 is 2.04 bits per heavy atom. The minimum Gasteiger partial charge on any atom is -0.496 e. The molecule has 0 amide bonds. The van der Waals surface area contributed by atoms with Gasteiger partial charge in [0.2, 0.25) is 0 Å². The van der Waals surface area contributed by atoms with Crippen LogP contribution in [-0.4, -0.2) is 30.4 Å². The Kier molecular flexibility index (Phi) is 6.17. The molecule has 3 N–H and O–H groups in total. The van der Waals surface area contributed by atoms with Crippen LogP contribution < -0.4 is 10.1 Å². The van der Waals surface area contributed by atoms with Gasteiger partial charge in [-0.3, -0.25) is 0 Å².